The number of rotatable bonds is 3. The van der Waals surface area contributed by atoms with Crippen LogP contribution in [0.25, 0.3) is 0 Å². The smallest absolute Gasteiger partial charge is 0.186 e. The zero-order valence-electron chi connectivity index (χ0n) is 7.26. The molecule has 1 aromatic rings. The lowest BCUT2D eigenvalue weighted by atomic mass is 10.4. The molecule has 12 heavy (non-hydrogen) atoms. The number of hydrogen-bond acceptors (Lipinski definition) is 3. The van der Waals surface area contributed by atoms with Crippen LogP contribution in [0.3, 0.4) is 0 Å². The molecule has 1 heterocycles. The molecular formula is C8H12FN3. The van der Waals surface area contributed by atoms with Gasteiger partial charge in [0.15, 0.2) is 11.6 Å². The van der Waals surface area contributed by atoms with Gasteiger partial charge in [-0.05, 0) is 13.3 Å². The van der Waals surface area contributed by atoms with E-state index in [9.17, 15) is 4.39 Å². The molecule has 0 amide bonds. The van der Waals surface area contributed by atoms with E-state index in [4.69, 9.17) is 0 Å². The second-order valence-electron chi connectivity index (χ2n) is 2.55. The lowest BCUT2D eigenvalue weighted by Gasteiger charge is -2.04. The lowest BCUT2D eigenvalue weighted by molar-refractivity contribution is 0.604. The Labute approximate surface area is 71.0 Å². The van der Waals surface area contributed by atoms with Gasteiger partial charge in [-0.15, -0.1) is 0 Å². The number of aryl methyl sites for hydroxylation is 1. The normalized spacial score (nSPS) is 9.92. The Bertz CT molecular complexity index is 262. The Morgan fingerprint density at radius 1 is 1.50 bits per heavy atom. The number of halogens is 1. The van der Waals surface area contributed by atoms with Gasteiger partial charge in [0, 0.05) is 6.54 Å². The van der Waals surface area contributed by atoms with E-state index in [1.165, 1.54) is 6.33 Å². The summed E-state index contributed by atoms with van der Waals surface area (Å²) in [4.78, 5) is 7.50. The molecule has 0 aliphatic heterocycles. The van der Waals surface area contributed by atoms with Crippen LogP contribution in [0.1, 0.15) is 19.0 Å². The highest BCUT2D eigenvalue weighted by Gasteiger charge is 2.05. The van der Waals surface area contributed by atoms with Crippen molar-refractivity contribution in [2.45, 2.75) is 20.3 Å². The Hall–Kier alpha value is -1.19. The van der Waals surface area contributed by atoms with Crippen molar-refractivity contribution in [1.82, 2.24) is 9.97 Å². The van der Waals surface area contributed by atoms with Crippen LogP contribution in [-0.2, 0) is 0 Å². The van der Waals surface area contributed by atoms with Crippen LogP contribution in [0, 0.1) is 12.7 Å². The maximum Gasteiger partial charge on any atom is 0.186 e. The zero-order valence-corrected chi connectivity index (χ0v) is 7.26. The molecule has 0 radical (unpaired) electrons. The van der Waals surface area contributed by atoms with Gasteiger partial charge in [-0.3, -0.25) is 0 Å². The van der Waals surface area contributed by atoms with Gasteiger partial charge in [-0.2, -0.15) is 0 Å². The fraction of sp³-hybridized carbons (Fsp3) is 0.500. The van der Waals surface area contributed by atoms with Crippen molar-refractivity contribution < 1.29 is 4.39 Å². The first-order chi connectivity index (χ1) is 5.75. The summed E-state index contributed by atoms with van der Waals surface area (Å²) in [6.07, 6.45) is 2.30. The van der Waals surface area contributed by atoms with Crippen molar-refractivity contribution in [1.29, 1.82) is 0 Å². The van der Waals surface area contributed by atoms with Gasteiger partial charge in [-0.1, -0.05) is 6.92 Å². The minimum absolute atomic E-state index is 0.296. The second-order valence-corrected chi connectivity index (χ2v) is 2.55. The van der Waals surface area contributed by atoms with E-state index in [1.807, 2.05) is 6.92 Å². The maximum absolute atomic E-state index is 13.1. The first-order valence-corrected chi connectivity index (χ1v) is 3.96. The number of anilines is 1. The van der Waals surface area contributed by atoms with Crippen LogP contribution in [0.4, 0.5) is 10.2 Å². The van der Waals surface area contributed by atoms with E-state index in [-0.39, 0.29) is 5.82 Å². The van der Waals surface area contributed by atoms with Crippen molar-refractivity contribution in [3.63, 3.8) is 0 Å². The van der Waals surface area contributed by atoms with Crippen molar-refractivity contribution in [2.75, 3.05) is 11.9 Å². The highest BCUT2D eigenvalue weighted by Crippen LogP contribution is 2.10. The van der Waals surface area contributed by atoms with Gasteiger partial charge in [0.2, 0.25) is 0 Å². The SMILES string of the molecule is CCCNc1ncnc(C)c1F. The standard InChI is InChI=1S/C8H12FN3/c1-3-4-10-8-7(9)6(2)11-5-12-8/h5H,3-4H2,1-2H3,(H,10,11,12). The molecule has 0 bridgehead atoms. The largest absolute Gasteiger partial charge is 0.368 e. The average Bonchev–Trinajstić information content (AvgIpc) is 2.08. The molecule has 4 heteroatoms. The molecule has 1 N–H and O–H groups in total. The Morgan fingerprint density at radius 3 is 2.92 bits per heavy atom. The van der Waals surface area contributed by atoms with E-state index in [0.717, 1.165) is 13.0 Å². The Kier molecular flexibility index (Phi) is 2.96. The molecule has 1 aromatic heterocycles. The van der Waals surface area contributed by atoms with Gasteiger partial charge < -0.3 is 5.32 Å². The number of nitrogens with zero attached hydrogens (tertiary/aromatic N) is 2. The van der Waals surface area contributed by atoms with Gasteiger partial charge in [-0.25, -0.2) is 14.4 Å². The molecule has 0 atom stereocenters. The fourth-order valence-corrected chi connectivity index (χ4v) is 0.825. The molecule has 0 fully saturated rings. The minimum atomic E-state index is -0.356. The predicted molar refractivity (Wildman–Crippen MR) is 45.5 cm³/mol. The zero-order chi connectivity index (χ0) is 8.97. The summed E-state index contributed by atoms with van der Waals surface area (Å²) < 4.78 is 13.1. The molecule has 1 rings (SSSR count). The van der Waals surface area contributed by atoms with E-state index < -0.39 is 0 Å². The first-order valence-electron chi connectivity index (χ1n) is 3.96. The van der Waals surface area contributed by atoms with Crippen LogP contribution in [0.15, 0.2) is 6.33 Å². The molecule has 0 saturated heterocycles. The average molecular weight is 169 g/mol. The molecule has 0 aliphatic rings. The van der Waals surface area contributed by atoms with Gasteiger partial charge in [0.05, 0.1) is 5.69 Å². The van der Waals surface area contributed by atoms with Crippen LogP contribution in [-0.4, -0.2) is 16.5 Å². The molecule has 0 aliphatic carbocycles. The van der Waals surface area contributed by atoms with E-state index in [1.54, 1.807) is 6.92 Å². The van der Waals surface area contributed by atoms with Crippen LogP contribution >= 0.6 is 0 Å². The number of nitrogens with one attached hydrogen (secondary N) is 1. The maximum atomic E-state index is 13.1. The van der Waals surface area contributed by atoms with Crippen molar-refractivity contribution in [2.24, 2.45) is 0 Å². The highest BCUT2D eigenvalue weighted by molar-refractivity contribution is 5.36. The molecule has 3 nitrogen and oxygen atoms in total. The molecule has 0 saturated carbocycles. The van der Waals surface area contributed by atoms with Crippen molar-refractivity contribution >= 4 is 5.82 Å². The summed E-state index contributed by atoms with van der Waals surface area (Å²) in [5.74, 6) is -0.0599. The lowest BCUT2D eigenvalue weighted by Crippen LogP contribution is -2.06. The topological polar surface area (TPSA) is 37.8 Å². The van der Waals surface area contributed by atoms with Crippen molar-refractivity contribution in [3.8, 4) is 0 Å². The van der Waals surface area contributed by atoms with E-state index >= 15 is 0 Å². The Morgan fingerprint density at radius 2 is 2.25 bits per heavy atom. The Balaban J connectivity index is 2.78. The van der Waals surface area contributed by atoms with Gasteiger partial charge in [0.25, 0.3) is 0 Å². The van der Waals surface area contributed by atoms with E-state index in [0.29, 0.717) is 11.5 Å². The summed E-state index contributed by atoms with van der Waals surface area (Å²) >= 11 is 0. The van der Waals surface area contributed by atoms with Gasteiger partial charge in [0.1, 0.15) is 6.33 Å². The summed E-state index contributed by atoms with van der Waals surface area (Å²) in [6, 6.07) is 0. The van der Waals surface area contributed by atoms with Crippen LogP contribution < -0.4 is 5.32 Å². The monoisotopic (exact) mass is 169 g/mol. The molecule has 0 spiro atoms. The summed E-state index contributed by atoms with van der Waals surface area (Å²) in [5.41, 5.74) is 0.378. The quantitative estimate of drug-likeness (QED) is 0.749. The summed E-state index contributed by atoms with van der Waals surface area (Å²) in [6.45, 7) is 4.36. The molecule has 0 unspecified atom stereocenters. The highest BCUT2D eigenvalue weighted by atomic mass is 19.1. The van der Waals surface area contributed by atoms with Gasteiger partial charge >= 0.3 is 0 Å². The number of hydrogen-bond donors (Lipinski definition) is 1. The summed E-state index contributed by atoms with van der Waals surface area (Å²) in [5, 5.41) is 2.88. The fourth-order valence-electron chi connectivity index (χ4n) is 0.825. The minimum Gasteiger partial charge on any atom is -0.368 e. The molecular weight excluding hydrogens is 157 g/mol. The third-order valence-corrected chi connectivity index (χ3v) is 1.51. The third kappa shape index (κ3) is 1.90. The molecule has 66 valence electrons. The van der Waals surface area contributed by atoms with Crippen LogP contribution in [0.5, 0.6) is 0 Å². The van der Waals surface area contributed by atoms with Crippen LogP contribution in [0.2, 0.25) is 0 Å². The van der Waals surface area contributed by atoms with E-state index in [2.05, 4.69) is 15.3 Å². The van der Waals surface area contributed by atoms with Crippen molar-refractivity contribution in [3.05, 3.63) is 17.8 Å². The first kappa shape index (κ1) is 8.90. The third-order valence-electron chi connectivity index (χ3n) is 1.51. The molecule has 0 aromatic carbocycles. The second kappa shape index (κ2) is 3.99. The number of aromatic nitrogens is 2. The summed E-state index contributed by atoms with van der Waals surface area (Å²) in [7, 11) is 0. The predicted octanol–water partition coefficient (Wildman–Crippen LogP) is 1.75.